The van der Waals surface area contributed by atoms with Gasteiger partial charge in [-0.2, -0.15) is 0 Å². The predicted molar refractivity (Wildman–Crippen MR) is 85.3 cm³/mol. The van der Waals surface area contributed by atoms with E-state index in [-0.39, 0.29) is 6.42 Å². The number of carbonyl (C=O) groups is 1. The van der Waals surface area contributed by atoms with Crippen molar-refractivity contribution < 1.29 is 9.90 Å². The lowest BCUT2D eigenvalue weighted by atomic mass is 9.94. The standard InChI is InChI=1S/C18H15ClO2/c1-2-3-9-16(18(20)21)14-10-11-15(17(19)12-14)13-7-5-4-6-8-13/h4-8,10-12,16H,9H2,1H3,(H,20,21). The Morgan fingerprint density at radius 2 is 1.95 bits per heavy atom. The van der Waals surface area contributed by atoms with Crippen molar-refractivity contribution in [1.82, 2.24) is 0 Å². The minimum Gasteiger partial charge on any atom is -0.481 e. The van der Waals surface area contributed by atoms with E-state index in [2.05, 4.69) is 11.8 Å². The molecule has 0 saturated carbocycles. The van der Waals surface area contributed by atoms with Crippen LogP contribution in [0.4, 0.5) is 0 Å². The number of hydrogen-bond acceptors (Lipinski definition) is 1. The van der Waals surface area contributed by atoms with Crippen LogP contribution in [0.1, 0.15) is 24.8 Å². The van der Waals surface area contributed by atoms with Gasteiger partial charge in [-0.3, -0.25) is 4.79 Å². The second kappa shape index (κ2) is 6.97. The van der Waals surface area contributed by atoms with E-state index in [4.69, 9.17) is 11.6 Å². The van der Waals surface area contributed by atoms with Crippen LogP contribution >= 0.6 is 11.6 Å². The van der Waals surface area contributed by atoms with Crippen molar-refractivity contribution >= 4 is 17.6 Å². The van der Waals surface area contributed by atoms with Crippen LogP contribution in [0.3, 0.4) is 0 Å². The van der Waals surface area contributed by atoms with Gasteiger partial charge in [0.2, 0.25) is 0 Å². The van der Waals surface area contributed by atoms with Crippen LogP contribution in [0.2, 0.25) is 5.02 Å². The van der Waals surface area contributed by atoms with Gasteiger partial charge in [0, 0.05) is 17.0 Å². The Labute approximate surface area is 129 Å². The molecule has 0 aromatic heterocycles. The van der Waals surface area contributed by atoms with Crippen LogP contribution in [-0.2, 0) is 4.79 Å². The molecule has 0 aliphatic heterocycles. The molecular weight excluding hydrogens is 284 g/mol. The minimum atomic E-state index is -0.888. The van der Waals surface area contributed by atoms with Crippen molar-refractivity contribution in [2.24, 2.45) is 0 Å². The molecule has 106 valence electrons. The summed E-state index contributed by atoms with van der Waals surface area (Å²) in [6.45, 7) is 1.70. The summed E-state index contributed by atoms with van der Waals surface area (Å²) < 4.78 is 0. The highest BCUT2D eigenvalue weighted by molar-refractivity contribution is 6.33. The zero-order valence-electron chi connectivity index (χ0n) is 11.6. The molecule has 0 radical (unpaired) electrons. The van der Waals surface area contributed by atoms with Gasteiger partial charge in [-0.1, -0.05) is 54.1 Å². The highest BCUT2D eigenvalue weighted by Crippen LogP contribution is 2.31. The molecule has 1 atom stereocenters. The van der Waals surface area contributed by atoms with Crippen molar-refractivity contribution in [2.45, 2.75) is 19.3 Å². The highest BCUT2D eigenvalue weighted by Gasteiger charge is 2.19. The summed E-state index contributed by atoms with van der Waals surface area (Å²) in [7, 11) is 0. The van der Waals surface area contributed by atoms with Crippen molar-refractivity contribution in [3.8, 4) is 23.0 Å². The first-order chi connectivity index (χ1) is 10.1. The topological polar surface area (TPSA) is 37.3 Å². The Morgan fingerprint density at radius 3 is 2.52 bits per heavy atom. The molecule has 1 N–H and O–H groups in total. The molecule has 0 aliphatic carbocycles. The molecule has 0 saturated heterocycles. The maximum absolute atomic E-state index is 11.4. The molecule has 2 aromatic carbocycles. The lowest BCUT2D eigenvalue weighted by Crippen LogP contribution is -2.11. The first-order valence-electron chi connectivity index (χ1n) is 6.60. The zero-order chi connectivity index (χ0) is 15.2. The normalized spacial score (nSPS) is 11.3. The zero-order valence-corrected chi connectivity index (χ0v) is 12.4. The third kappa shape index (κ3) is 3.65. The van der Waals surface area contributed by atoms with Gasteiger partial charge in [0.25, 0.3) is 0 Å². The molecule has 2 aromatic rings. The summed E-state index contributed by atoms with van der Waals surface area (Å²) in [5, 5.41) is 9.87. The van der Waals surface area contributed by atoms with Crippen molar-refractivity contribution in [1.29, 1.82) is 0 Å². The maximum Gasteiger partial charge on any atom is 0.311 e. The van der Waals surface area contributed by atoms with E-state index >= 15 is 0 Å². The molecule has 0 heterocycles. The fraction of sp³-hybridized carbons (Fsp3) is 0.167. The van der Waals surface area contributed by atoms with Gasteiger partial charge in [-0.15, -0.1) is 11.8 Å². The van der Waals surface area contributed by atoms with E-state index in [1.54, 1.807) is 13.0 Å². The molecule has 2 nitrogen and oxygen atoms in total. The predicted octanol–water partition coefficient (Wildman–Crippen LogP) is 4.59. The Morgan fingerprint density at radius 1 is 1.24 bits per heavy atom. The monoisotopic (exact) mass is 298 g/mol. The molecular formula is C18H15ClO2. The summed E-state index contributed by atoms with van der Waals surface area (Å²) in [4.78, 5) is 11.4. The fourth-order valence-electron chi connectivity index (χ4n) is 2.15. The lowest BCUT2D eigenvalue weighted by Gasteiger charge is -2.12. The number of rotatable bonds is 4. The largest absolute Gasteiger partial charge is 0.481 e. The first-order valence-corrected chi connectivity index (χ1v) is 6.98. The van der Waals surface area contributed by atoms with Crippen molar-refractivity contribution in [3.63, 3.8) is 0 Å². The number of carboxylic acid groups (broad SMARTS) is 1. The highest BCUT2D eigenvalue weighted by atomic mass is 35.5. The molecule has 1 unspecified atom stereocenters. The fourth-order valence-corrected chi connectivity index (χ4v) is 2.45. The molecule has 3 heteroatoms. The van der Waals surface area contributed by atoms with Crippen molar-refractivity contribution in [3.05, 3.63) is 59.1 Å². The number of halogens is 1. The Kier molecular flexibility index (Phi) is 5.03. The van der Waals surface area contributed by atoms with Crippen LogP contribution < -0.4 is 0 Å². The van der Waals surface area contributed by atoms with Crippen LogP contribution in [-0.4, -0.2) is 11.1 Å². The van der Waals surface area contributed by atoms with E-state index in [0.717, 1.165) is 11.1 Å². The second-order valence-electron chi connectivity index (χ2n) is 4.63. The van der Waals surface area contributed by atoms with Crippen LogP contribution in [0.5, 0.6) is 0 Å². The van der Waals surface area contributed by atoms with E-state index in [9.17, 15) is 9.90 Å². The van der Waals surface area contributed by atoms with Gasteiger partial charge in [0.15, 0.2) is 0 Å². The third-order valence-corrected chi connectivity index (χ3v) is 3.57. The maximum atomic E-state index is 11.4. The van der Waals surface area contributed by atoms with Crippen LogP contribution in [0.15, 0.2) is 48.5 Å². The smallest absolute Gasteiger partial charge is 0.311 e. The molecule has 0 aliphatic rings. The van der Waals surface area contributed by atoms with Crippen molar-refractivity contribution in [2.75, 3.05) is 0 Å². The van der Waals surface area contributed by atoms with Gasteiger partial charge in [0.05, 0.1) is 5.92 Å². The SMILES string of the molecule is CC#CCC(C(=O)O)c1ccc(-c2ccccc2)c(Cl)c1. The summed E-state index contributed by atoms with van der Waals surface area (Å²) in [5.41, 5.74) is 2.58. The van der Waals surface area contributed by atoms with Crippen LogP contribution in [0.25, 0.3) is 11.1 Å². The Bertz CT molecular complexity index is 696. The van der Waals surface area contributed by atoms with Gasteiger partial charge in [-0.05, 0) is 24.1 Å². The van der Waals surface area contributed by atoms with E-state index in [1.807, 2.05) is 42.5 Å². The summed E-state index contributed by atoms with van der Waals surface area (Å²) in [5.74, 6) is 4.01. The minimum absolute atomic E-state index is 0.285. The first kappa shape index (κ1) is 15.2. The number of hydrogen-bond donors (Lipinski definition) is 1. The molecule has 2 rings (SSSR count). The summed E-state index contributed by atoms with van der Waals surface area (Å²) >= 11 is 6.32. The van der Waals surface area contributed by atoms with Gasteiger partial charge < -0.3 is 5.11 Å². The number of aliphatic carboxylic acids is 1. The average Bonchev–Trinajstić information content (AvgIpc) is 2.48. The Balaban J connectivity index is 2.37. The molecule has 0 amide bonds. The number of carboxylic acids is 1. The van der Waals surface area contributed by atoms with E-state index < -0.39 is 11.9 Å². The molecule has 0 fully saturated rings. The Hall–Kier alpha value is -2.24. The van der Waals surface area contributed by atoms with Crippen LogP contribution in [0, 0.1) is 11.8 Å². The lowest BCUT2D eigenvalue weighted by molar-refractivity contribution is -0.138. The van der Waals surface area contributed by atoms with Gasteiger partial charge in [-0.25, -0.2) is 0 Å². The van der Waals surface area contributed by atoms with Gasteiger partial charge in [0.1, 0.15) is 0 Å². The molecule has 0 bridgehead atoms. The second-order valence-corrected chi connectivity index (χ2v) is 5.03. The summed E-state index contributed by atoms with van der Waals surface area (Å²) in [6.07, 6.45) is 0.285. The van der Waals surface area contributed by atoms with E-state index in [0.29, 0.717) is 10.6 Å². The number of benzene rings is 2. The van der Waals surface area contributed by atoms with Gasteiger partial charge >= 0.3 is 5.97 Å². The molecule has 0 spiro atoms. The third-order valence-electron chi connectivity index (χ3n) is 3.26. The molecule has 21 heavy (non-hydrogen) atoms. The quantitative estimate of drug-likeness (QED) is 0.838. The summed E-state index contributed by atoms with van der Waals surface area (Å²) in [6, 6.07) is 15.2. The average molecular weight is 299 g/mol. The van der Waals surface area contributed by atoms with E-state index in [1.165, 1.54) is 0 Å².